The Labute approximate surface area is 147 Å². The summed E-state index contributed by atoms with van der Waals surface area (Å²) >= 11 is 0. The quantitative estimate of drug-likeness (QED) is 0.256. The first-order valence-electron chi connectivity index (χ1n) is 5.57. The van der Waals surface area contributed by atoms with Gasteiger partial charge in [0.15, 0.2) is 0 Å². The molecule has 0 amide bonds. The third-order valence-corrected chi connectivity index (χ3v) is 4.36. The molecule has 0 radical (unpaired) electrons. The van der Waals surface area contributed by atoms with Crippen LogP contribution in [0.2, 0.25) is 0 Å². The number of halogens is 6. The lowest BCUT2D eigenvalue weighted by molar-refractivity contribution is -0.0528. The first-order chi connectivity index (χ1) is 11.7. The molecule has 27 heavy (non-hydrogen) atoms. The molecule has 1 aliphatic heterocycles. The van der Waals surface area contributed by atoms with Crippen LogP contribution in [-0.2, 0) is 56.4 Å². The van der Waals surface area contributed by atoms with Crippen LogP contribution in [0.5, 0.6) is 0 Å². The minimum Gasteiger partial charge on any atom is -0.399 e. The SMILES string of the molecule is CS(=O)(=O)OB1OB(OS(=O)(=O)C(F)(F)F)OB(OS(=O)(=O)C(F)(F)F)O1. The minimum atomic E-state index is -6.50. The zero-order chi connectivity index (χ0) is 21.5. The van der Waals surface area contributed by atoms with Gasteiger partial charge in [0.1, 0.15) is 0 Å². The third-order valence-electron chi connectivity index (χ3n) is 1.90. The molecule has 0 atom stereocenters. The molecule has 1 rings (SSSR count). The molecule has 0 aromatic rings. The molecule has 0 unspecified atom stereocenters. The maximum Gasteiger partial charge on any atom is 0.630 e. The van der Waals surface area contributed by atoms with Gasteiger partial charge < -0.3 is 13.7 Å². The summed E-state index contributed by atoms with van der Waals surface area (Å²) < 4.78 is 161. The van der Waals surface area contributed by atoms with Gasteiger partial charge in [-0.2, -0.15) is 43.2 Å². The van der Waals surface area contributed by atoms with Crippen LogP contribution in [-0.4, -0.2) is 64.5 Å². The van der Waals surface area contributed by atoms with E-state index in [4.69, 9.17) is 0 Å². The summed E-state index contributed by atoms with van der Waals surface area (Å²) in [6, 6.07) is 0. The van der Waals surface area contributed by atoms with E-state index in [-0.39, 0.29) is 0 Å². The first kappa shape index (κ1) is 24.4. The predicted molar refractivity (Wildman–Crippen MR) is 68.6 cm³/mol. The fourth-order valence-electron chi connectivity index (χ4n) is 0.963. The number of rotatable bonds is 6. The molecular formula is C3H3B3F6O12S3. The Bertz CT molecular complexity index is 793. The van der Waals surface area contributed by atoms with Gasteiger partial charge in [-0.3, -0.25) is 12.3 Å². The first-order valence-corrected chi connectivity index (χ1v) is 10.2. The summed E-state index contributed by atoms with van der Waals surface area (Å²) in [6.45, 7) is 0. The second kappa shape index (κ2) is 7.66. The van der Waals surface area contributed by atoms with Crippen LogP contribution in [0.15, 0.2) is 0 Å². The molecule has 0 aliphatic carbocycles. The number of hydrogen-bond acceptors (Lipinski definition) is 12. The lowest BCUT2D eigenvalue weighted by Gasteiger charge is -2.27. The second-order valence-corrected chi connectivity index (χ2v) is 8.79. The topological polar surface area (TPSA) is 158 Å². The van der Waals surface area contributed by atoms with Crippen molar-refractivity contribution in [3.05, 3.63) is 0 Å². The maximum atomic E-state index is 12.2. The third kappa shape index (κ3) is 7.05. The van der Waals surface area contributed by atoms with Gasteiger partial charge in [-0.1, -0.05) is 0 Å². The average Bonchev–Trinajstić information content (AvgIpc) is 2.31. The van der Waals surface area contributed by atoms with Gasteiger partial charge in [0.25, 0.3) is 10.1 Å². The van der Waals surface area contributed by atoms with Crippen molar-refractivity contribution < 1.29 is 77.6 Å². The van der Waals surface area contributed by atoms with E-state index in [9.17, 15) is 51.6 Å². The smallest absolute Gasteiger partial charge is 0.399 e. The van der Waals surface area contributed by atoms with Crippen molar-refractivity contribution in [1.29, 1.82) is 0 Å². The standard InChI is InChI=1S/C3H3B3F6O12S3/c1-25(13,14)22-4-19-5(23-26(15,16)2(7,8)9)21-6(20-4)24-27(17,18)3(10,11)12/h1H3. The lowest BCUT2D eigenvalue weighted by atomic mass is 9.98. The molecule has 12 nitrogen and oxygen atoms in total. The molecule has 1 fully saturated rings. The van der Waals surface area contributed by atoms with E-state index < -0.39 is 63.3 Å². The minimum absolute atomic E-state index is 0.305. The van der Waals surface area contributed by atoms with Crippen LogP contribution < -0.4 is 0 Å². The van der Waals surface area contributed by atoms with Crippen molar-refractivity contribution in [3.8, 4) is 0 Å². The Kier molecular flexibility index (Phi) is 6.93. The molecule has 24 heteroatoms. The molecule has 0 saturated carbocycles. The monoisotopic (exact) mass is 474 g/mol. The van der Waals surface area contributed by atoms with Crippen molar-refractivity contribution in [3.63, 3.8) is 0 Å². The van der Waals surface area contributed by atoms with Crippen molar-refractivity contribution in [2.75, 3.05) is 6.26 Å². The molecule has 1 aliphatic rings. The molecule has 0 N–H and O–H groups in total. The van der Waals surface area contributed by atoms with Gasteiger partial charge in [-0.05, 0) is 0 Å². The van der Waals surface area contributed by atoms with Crippen LogP contribution in [0.25, 0.3) is 0 Å². The van der Waals surface area contributed by atoms with E-state index in [1.54, 1.807) is 0 Å². The number of alkyl halides is 6. The van der Waals surface area contributed by atoms with Crippen molar-refractivity contribution in [2.24, 2.45) is 0 Å². The lowest BCUT2D eigenvalue weighted by Crippen LogP contribution is -2.55. The zero-order valence-electron chi connectivity index (χ0n) is 12.1. The maximum absolute atomic E-state index is 12.2. The summed E-state index contributed by atoms with van der Waals surface area (Å²) in [5.41, 5.74) is -12.1. The zero-order valence-corrected chi connectivity index (χ0v) is 14.6. The van der Waals surface area contributed by atoms with E-state index in [1.165, 1.54) is 0 Å². The molecular weight excluding hydrogens is 471 g/mol. The fourth-order valence-corrected chi connectivity index (χ4v) is 2.15. The Hall–Kier alpha value is -0.615. The van der Waals surface area contributed by atoms with Crippen molar-refractivity contribution in [2.45, 2.75) is 11.0 Å². The summed E-state index contributed by atoms with van der Waals surface area (Å²) in [6.07, 6.45) is 0.305. The highest BCUT2D eigenvalue weighted by Crippen LogP contribution is 2.29. The fraction of sp³-hybridized carbons (Fsp3) is 1.00. The van der Waals surface area contributed by atoms with Gasteiger partial charge in [0.05, 0.1) is 6.26 Å². The Morgan fingerprint density at radius 2 is 0.889 bits per heavy atom. The predicted octanol–water partition coefficient (Wildman–Crippen LogP) is -1.29. The van der Waals surface area contributed by atoms with E-state index in [1.807, 2.05) is 0 Å². The van der Waals surface area contributed by atoms with E-state index in [0.717, 1.165) is 0 Å². The van der Waals surface area contributed by atoms with Gasteiger partial charge in [0.2, 0.25) is 0 Å². The molecule has 0 spiro atoms. The molecule has 0 aromatic heterocycles. The second-order valence-electron chi connectivity index (χ2n) is 4.07. The van der Waals surface area contributed by atoms with Gasteiger partial charge >= 0.3 is 53.2 Å². The highest BCUT2D eigenvalue weighted by atomic mass is 32.2. The number of hydrogen-bond donors (Lipinski definition) is 0. The van der Waals surface area contributed by atoms with Crippen LogP contribution in [0, 0.1) is 0 Å². The van der Waals surface area contributed by atoms with E-state index >= 15 is 0 Å². The van der Waals surface area contributed by atoms with Gasteiger partial charge in [-0.25, -0.2) is 8.42 Å². The normalized spacial score (nSPS) is 18.1. The summed E-state index contributed by atoms with van der Waals surface area (Å²) in [7, 11) is -26.7. The van der Waals surface area contributed by atoms with Crippen molar-refractivity contribution >= 4 is 52.3 Å². The molecule has 1 heterocycles. The van der Waals surface area contributed by atoms with Crippen molar-refractivity contribution in [1.82, 2.24) is 0 Å². The average molecular weight is 474 g/mol. The largest absolute Gasteiger partial charge is 0.630 e. The highest BCUT2D eigenvalue weighted by Gasteiger charge is 2.58. The van der Waals surface area contributed by atoms with Crippen LogP contribution in [0.4, 0.5) is 26.3 Å². The molecule has 1 saturated heterocycles. The van der Waals surface area contributed by atoms with Gasteiger partial charge in [-0.15, -0.1) is 0 Å². The highest BCUT2D eigenvalue weighted by molar-refractivity contribution is 7.89. The molecule has 156 valence electrons. The van der Waals surface area contributed by atoms with Gasteiger partial charge in [0, 0.05) is 0 Å². The van der Waals surface area contributed by atoms with Crippen LogP contribution in [0.1, 0.15) is 0 Å². The Morgan fingerprint density at radius 3 is 1.11 bits per heavy atom. The van der Waals surface area contributed by atoms with E-state index in [0.29, 0.717) is 6.26 Å². The van der Waals surface area contributed by atoms with Crippen LogP contribution >= 0.6 is 0 Å². The van der Waals surface area contributed by atoms with E-state index in [2.05, 4.69) is 26.0 Å². The molecule has 0 bridgehead atoms. The Morgan fingerprint density at radius 1 is 0.630 bits per heavy atom. The summed E-state index contributed by atoms with van der Waals surface area (Å²) in [5, 5.41) is 0. The molecule has 0 aromatic carbocycles. The summed E-state index contributed by atoms with van der Waals surface area (Å²) in [4.78, 5) is 0. The van der Waals surface area contributed by atoms with Crippen LogP contribution in [0.3, 0.4) is 0 Å². The Balaban J connectivity index is 3.09. The summed E-state index contributed by atoms with van der Waals surface area (Å²) in [5.74, 6) is 0.